The lowest BCUT2D eigenvalue weighted by Crippen LogP contribution is -2.37. The van der Waals surface area contributed by atoms with Crippen LogP contribution < -0.4 is 14.9 Å². The Kier molecular flexibility index (Phi) is 5.76. The number of hydrogen-bond acceptors (Lipinski definition) is 9. The summed E-state index contributed by atoms with van der Waals surface area (Å²) in [4.78, 5) is 25.5. The van der Waals surface area contributed by atoms with Crippen molar-refractivity contribution in [3.63, 3.8) is 0 Å². The lowest BCUT2D eigenvalue weighted by Gasteiger charge is -2.27. The zero-order valence-electron chi connectivity index (χ0n) is 14.0. The van der Waals surface area contributed by atoms with Crippen LogP contribution in [0.4, 0.5) is 10.9 Å². The van der Waals surface area contributed by atoms with E-state index in [4.69, 9.17) is 4.74 Å². The molecule has 0 spiro atoms. The van der Waals surface area contributed by atoms with Crippen LogP contribution in [-0.4, -0.2) is 55.6 Å². The lowest BCUT2D eigenvalue weighted by molar-refractivity contribution is -0.114. The second kappa shape index (κ2) is 8.03. The van der Waals surface area contributed by atoms with Gasteiger partial charge < -0.3 is 15.0 Å². The van der Waals surface area contributed by atoms with Gasteiger partial charge in [-0.15, -0.1) is 0 Å². The number of thiazole rings is 1. The zero-order valence-corrected chi connectivity index (χ0v) is 15.6. The van der Waals surface area contributed by atoms with Crippen LogP contribution in [-0.2, 0) is 26.1 Å². The van der Waals surface area contributed by atoms with Crippen molar-refractivity contribution >= 4 is 38.2 Å². The number of carbonyl (C=O) groups is 1. The van der Waals surface area contributed by atoms with Gasteiger partial charge in [-0.25, -0.2) is 28.1 Å². The molecule has 1 aliphatic heterocycles. The van der Waals surface area contributed by atoms with Gasteiger partial charge in [0.1, 0.15) is 11.6 Å². The highest BCUT2D eigenvalue weighted by atomic mass is 32.2. The van der Waals surface area contributed by atoms with Crippen molar-refractivity contribution in [2.75, 3.05) is 36.5 Å². The van der Waals surface area contributed by atoms with E-state index in [-0.39, 0.29) is 21.8 Å². The molecular formula is C14H18N6O4S2. The normalized spacial score (nSPS) is 15.0. The van der Waals surface area contributed by atoms with Gasteiger partial charge in [-0.05, 0) is 6.07 Å². The van der Waals surface area contributed by atoms with Gasteiger partial charge in [-0.1, -0.05) is 11.3 Å². The molecule has 0 radical (unpaired) electrons. The summed E-state index contributed by atoms with van der Waals surface area (Å²) < 4.78 is 32.5. The van der Waals surface area contributed by atoms with Crippen LogP contribution in [0.5, 0.6) is 0 Å². The van der Waals surface area contributed by atoms with Crippen molar-refractivity contribution in [2.45, 2.75) is 17.7 Å². The second-order valence-corrected chi connectivity index (χ2v) is 8.45. The lowest BCUT2D eigenvalue weighted by atomic mass is 10.4. The van der Waals surface area contributed by atoms with Gasteiger partial charge in [0.25, 0.3) is 10.0 Å². The maximum absolute atomic E-state index is 12.4. The minimum Gasteiger partial charge on any atom is -0.378 e. The van der Waals surface area contributed by atoms with E-state index in [0.29, 0.717) is 19.0 Å². The van der Waals surface area contributed by atoms with Crippen molar-refractivity contribution < 1.29 is 17.9 Å². The average Bonchev–Trinajstić information content (AvgIpc) is 3.10. The first-order chi connectivity index (χ1) is 12.4. The summed E-state index contributed by atoms with van der Waals surface area (Å²) in [6.45, 7) is 4.01. The molecule has 3 rings (SSSR count). The predicted molar refractivity (Wildman–Crippen MR) is 95.5 cm³/mol. The monoisotopic (exact) mass is 398 g/mol. The number of aromatic nitrogens is 3. The van der Waals surface area contributed by atoms with Crippen LogP contribution in [0.2, 0.25) is 0 Å². The van der Waals surface area contributed by atoms with E-state index in [2.05, 4.69) is 29.9 Å². The number of amides is 1. The molecule has 140 valence electrons. The van der Waals surface area contributed by atoms with E-state index in [0.717, 1.165) is 30.2 Å². The van der Waals surface area contributed by atoms with E-state index >= 15 is 0 Å². The summed E-state index contributed by atoms with van der Waals surface area (Å²) in [5.74, 6) is 0.789. The number of nitrogens with zero attached hydrogens (tertiary/aromatic N) is 4. The Bertz CT molecular complexity index is 879. The number of anilines is 2. The first-order valence-corrected chi connectivity index (χ1v) is 10.1. The Labute approximate surface area is 154 Å². The molecule has 1 saturated heterocycles. The number of morpholine rings is 1. The van der Waals surface area contributed by atoms with Crippen LogP contribution in [0.3, 0.4) is 0 Å². The third kappa shape index (κ3) is 4.72. The predicted octanol–water partition coefficient (Wildman–Crippen LogP) is 0.207. The Hall–Kier alpha value is -2.15. The smallest absolute Gasteiger partial charge is 0.252 e. The second-order valence-electron chi connectivity index (χ2n) is 5.42. The molecule has 1 fully saturated rings. The fourth-order valence-corrected chi connectivity index (χ4v) is 4.37. The highest BCUT2D eigenvalue weighted by Gasteiger charge is 2.19. The Morgan fingerprint density at radius 2 is 2.12 bits per heavy atom. The quantitative estimate of drug-likeness (QED) is 0.707. The Balaban J connectivity index is 1.66. The molecule has 2 aromatic rings. The third-order valence-electron chi connectivity index (χ3n) is 3.48. The van der Waals surface area contributed by atoms with Gasteiger partial charge in [-0.2, -0.15) is 0 Å². The number of ether oxygens (including phenoxy) is 1. The molecule has 26 heavy (non-hydrogen) atoms. The Morgan fingerprint density at radius 1 is 1.35 bits per heavy atom. The molecule has 1 amide bonds. The van der Waals surface area contributed by atoms with E-state index in [1.807, 2.05) is 0 Å². The number of sulfonamides is 1. The summed E-state index contributed by atoms with van der Waals surface area (Å²) in [6.07, 6.45) is 2.80. The maximum atomic E-state index is 12.4. The van der Waals surface area contributed by atoms with Crippen molar-refractivity contribution in [1.29, 1.82) is 0 Å². The summed E-state index contributed by atoms with van der Waals surface area (Å²) in [7, 11) is -3.77. The highest BCUT2D eigenvalue weighted by molar-refractivity contribution is 7.91. The molecule has 0 unspecified atom stereocenters. The molecule has 3 heterocycles. The zero-order chi connectivity index (χ0) is 18.6. The van der Waals surface area contributed by atoms with Crippen molar-refractivity contribution in [3.05, 3.63) is 24.3 Å². The number of nitrogens with one attached hydrogen (secondary N) is 2. The molecule has 12 heteroatoms. The summed E-state index contributed by atoms with van der Waals surface area (Å²) in [5.41, 5.74) is 0. The fraction of sp³-hybridized carbons (Fsp3) is 0.429. The first kappa shape index (κ1) is 18.6. The van der Waals surface area contributed by atoms with Crippen LogP contribution >= 0.6 is 11.3 Å². The molecule has 1 aliphatic rings. The summed E-state index contributed by atoms with van der Waals surface area (Å²) in [5, 5.41) is 2.68. The van der Waals surface area contributed by atoms with E-state index in [1.54, 1.807) is 12.3 Å². The van der Waals surface area contributed by atoms with Crippen molar-refractivity contribution in [2.24, 2.45) is 0 Å². The number of carbonyl (C=O) groups excluding carboxylic acids is 1. The standard InChI is InChI=1S/C14H18N6O4S2/c1-10(21)18-14-16-9-13(25-14)26(22,23)17-8-11-15-3-2-12(19-11)20-4-6-24-7-5-20/h2-3,9,17H,4-8H2,1H3,(H,16,18,21). The molecule has 0 atom stereocenters. The SMILES string of the molecule is CC(=O)Nc1ncc(S(=O)(=O)NCc2nccc(N3CCOCC3)n2)s1. The molecule has 0 aromatic carbocycles. The van der Waals surface area contributed by atoms with Gasteiger partial charge >= 0.3 is 0 Å². The number of hydrogen-bond donors (Lipinski definition) is 2. The Morgan fingerprint density at radius 3 is 2.85 bits per heavy atom. The highest BCUT2D eigenvalue weighted by Crippen LogP contribution is 2.22. The van der Waals surface area contributed by atoms with Gasteiger partial charge in [0.2, 0.25) is 5.91 Å². The molecule has 2 aromatic heterocycles. The van der Waals surface area contributed by atoms with Crippen LogP contribution in [0.15, 0.2) is 22.7 Å². The fourth-order valence-electron chi connectivity index (χ4n) is 2.26. The van der Waals surface area contributed by atoms with Crippen molar-refractivity contribution in [1.82, 2.24) is 19.7 Å². The topological polar surface area (TPSA) is 126 Å². The third-order valence-corrected chi connectivity index (χ3v) is 6.25. The molecule has 2 N–H and O–H groups in total. The van der Waals surface area contributed by atoms with Crippen molar-refractivity contribution in [3.8, 4) is 0 Å². The molecule has 0 aliphatic carbocycles. The molecular weight excluding hydrogens is 380 g/mol. The first-order valence-electron chi connectivity index (χ1n) is 7.82. The van der Waals surface area contributed by atoms with Gasteiger partial charge in [0.15, 0.2) is 9.34 Å². The van der Waals surface area contributed by atoms with Gasteiger partial charge in [0.05, 0.1) is 26.0 Å². The molecule has 0 bridgehead atoms. The number of rotatable bonds is 6. The van der Waals surface area contributed by atoms with Gasteiger partial charge in [0, 0.05) is 26.2 Å². The minimum atomic E-state index is -3.77. The van der Waals surface area contributed by atoms with E-state index < -0.39 is 10.0 Å². The van der Waals surface area contributed by atoms with E-state index in [1.165, 1.54) is 13.1 Å². The van der Waals surface area contributed by atoms with Crippen LogP contribution in [0.1, 0.15) is 12.7 Å². The summed E-state index contributed by atoms with van der Waals surface area (Å²) in [6, 6.07) is 1.78. The van der Waals surface area contributed by atoms with Gasteiger partial charge in [-0.3, -0.25) is 4.79 Å². The average molecular weight is 398 g/mol. The van der Waals surface area contributed by atoms with Crippen LogP contribution in [0.25, 0.3) is 0 Å². The summed E-state index contributed by atoms with van der Waals surface area (Å²) >= 11 is 0.873. The molecule has 0 saturated carbocycles. The minimum absolute atomic E-state index is 0.00517. The maximum Gasteiger partial charge on any atom is 0.252 e. The van der Waals surface area contributed by atoms with E-state index in [9.17, 15) is 13.2 Å². The molecule has 10 nitrogen and oxygen atoms in total. The largest absolute Gasteiger partial charge is 0.378 e. The van der Waals surface area contributed by atoms with Crippen LogP contribution in [0, 0.1) is 0 Å².